The summed E-state index contributed by atoms with van der Waals surface area (Å²) in [7, 11) is -3.71. The summed E-state index contributed by atoms with van der Waals surface area (Å²) in [5, 5.41) is 0. The maximum atomic E-state index is 12.5. The van der Waals surface area contributed by atoms with Crippen LogP contribution in [-0.2, 0) is 14.8 Å². The monoisotopic (exact) mass is 427 g/mol. The van der Waals surface area contributed by atoms with Gasteiger partial charge in [-0.1, -0.05) is 17.7 Å². The summed E-state index contributed by atoms with van der Waals surface area (Å²) in [5.74, 6) is -1.82. The van der Waals surface area contributed by atoms with Crippen molar-refractivity contribution in [3.8, 4) is 0 Å². The smallest absolute Gasteiger partial charge is 0.368 e. The zero-order valence-corrected chi connectivity index (χ0v) is 16.4. The maximum Gasteiger partial charge on any atom is 0.471 e. The van der Waals surface area contributed by atoms with Gasteiger partial charge in [0.15, 0.2) is 0 Å². The minimum atomic E-state index is -4.86. The van der Waals surface area contributed by atoms with Crippen LogP contribution < -0.4 is 9.62 Å². The van der Waals surface area contributed by atoms with Gasteiger partial charge < -0.3 is 9.80 Å². The first-order valence-electron chi connectivity index (χ1n) is 8.87. The van der Waals surface area contributed by atoms with Gasteiger partial charge in [0.05, 0.1) is 4.90 Å². The van der Waals surface area contributed by atoms with Gasteiger partial charge in [0.1, 0.15) is 0 Å². The molecule has 29 heavy (non-hydrogen) atoms. The average Bonchev–Trinajstić information content (AvgIpc) is 2.67. The molecule has 156 valence electrons. The molecule has 0 bridgehead atoms. The van der Waals surface area contributed by atoms with Crippen LogP contribution in [0.2, 0.25) is 0 Å². The number of anilines is 2. The highest BCUT2D eigenvalue weighted by atomic mass is 32.2. The third-order valence-corrected chi connectivity index (χ3v) is 6.02. The highest BCUT2D eigenvalue weighted by Crippen LogP contribution is 2.24. The molecule has 1 saturated heterocycles. The van der Waals surface area contributed by atoms with Crippen molar-refractivity contribution >= 4 is 27.3 Å². The summed E-state index contributed by atoms with van der Waals surface area (Å²) in [6.45, 7) is 2.33. The fourth-order valence-electron chi connectivity index (χ4n) is 3.02. The Morgan fingerprint density at radius 1 is 0.931 bits per heavy atom. The van der Waals surface area contributed by atoms with Gasteiger partial charge >= 0.3 is 12.1 Å². The van der Waals surface area contributed by atoms with E-state index < -0.39 is 22.1 Å². The molecule has 1 aliphatic heterocycles. The molecule has 3 rings (SSSR count). The lowest BCUT2D eigenvalue weighted by molar-refractivity contribution is -0.185. The van der Waals surface area contributed by atoms with E-state index in [0.717, 1.165) is 16.2 Å². The summed E-state index contributed by atoms with van der Waals surface area (Å²) >= 11 is 0. The molecule has 6 nitrogen and oxygen atoms in total. The Bertz CT molecular complexity index is 966. The summed E-state index contributed by atoms with van der Waals surface area (Å²) in [4.78, 5) is 14.1. The molecule has 1 heterocycles. The SMILES string of the molecule is Cc1ccc(S(=O)(=O)Nc2ccc(N3CCN(C(=O)C(F)(F)F)CC3)cc2)cc1. The summed E-state index contributed by atoms with van der Waals surface area (Å²) in [5.41, 5.74) is 2.06. The highest BCUT2D eigenvalue weighted by molar-refractivity contribution is 7.92. The third-order valence-electron chi connectivity index (χ3n) is 4.63. The van der Waals surface area contributed by atoms with E-state index in [1.165, 1.54) is 12.1 Å². The van der Waals surface area contributed by atoms with Crippen molar-refractivity contribution < 1.29 is 26.4 Å². The predicted octanol–water partition coefficient (Wildman–Crippen LogP) is 3.01. The van der Waals surface area contributed by atoms with Crippen molar-refractivity contribution in [1.29, 1.82) is 0 Å². The lowest BCUT2D eigenvalue weighted by atomic mass is 10.2. The van der Waals surface area contributed by atoms with Gasteiger partial charge in [0.2, 0.25) is 0 Å². The first-order valence-corrected chi connectivity index (χ1v) is 10.4. The number of aryl methyl sites for hydroxylation is 1. The van der Waals surface area contributed by atoms with E-state index in [9.17, 15) is 26.4 Å². The summed E-state index contributed by atoms with van der Waals surface area (Å²) in [6.07, 6.45) is -4.86. The summed E-state index contributed by atoms with van der Waals surface area (Å²) in [6, 6.07) is 13.0. The van der Waals surface area contributed by atoms with Gasteiger partial charge in [-0.15, -0.1) is 0 Å². The fraction of sp³-hybridized carbons (Fsp3) is 0.316. The number of rotatable bonds is 4. The van der Waals surface area contributed by atoms with Crippen molar-refractivity contribution in [2.75, 3.05) is 35.8 Å². The molecule has 2 aromatic carbocycles. The average molecular weight is 427 g/mol. The number of carbonyl (C=O) groups excluding carboxylic acids is 1. The lowest BCUT2D eigenvalue weighted by Gasteiger charge is -2.36. The van der Waals surface area contributed by atoms with E-state index in [1.807, 2.05) is 11.8 Å². The number of piperazine rings is 1. The number of hydrogen-bond acceptors (Lipinski definition) is 4. The minimum Gasteiger partial charge on any atom is -0.368 e. The van der Waals surface area contributed by atoms with Crippen LogP contribution in [-0.4, -0.2) is 51.6 Å². The molecular weight excluding hydrogens is 407 g/mol. The Morgan fingerprint density at radius 3 is 2.00 bits per heavy atom. The molecule has 10 heteroatoms. The van der Waals surface area contributed by atoms with Crippen LogP contribution in [0, 0.1) is 6.92 Å². The lowest BCUT2D eigenvalue weighted by Crippen LogP contribution is -2.52. The number of nitrogens with one attached hydrogen (secondary N) is 1. The molecule has 1 aliphatic rings. The molecule has 0 aromatic heterocycles. The standard InChI is InChI=1S/C19H20F3N3O3S/c1-14-2-8-17(9-3-14)29(27,28)23-15-4-6-16(7-5-15)24-10-12-25(13-11-24)18(26)19(20,21)22/h2-9,23H,10-13H2,1H3. The molecular formula is C19H20F3N3O3S. The zero-order valence-electron chi connectivity index (χ0n) is 15.6. The Hall–Kier alpha value is -2.75. The number of sulfonamides is 1. The number of carbonyl (C=O) groups is 1. The van der Waals surface area contributed by atoms with Crippen LogP contribution in [0.5, 0.6) is 0 Å². The van der Waals surface area contributed by atoms with Gasteiger partial charge in [-0.25, -0.2) is 8.42 Å². The second kappa shape index (κ2) is 7.94. The molecule has 0 unspecified atom stereocenters. The highest BCUT2D eigenvalue weighted by Gasteiger charge is 2.43. The number of alkyl halides is 3. The van der Waals surface area contributed by atoms with Crippen molar-refractivity contribution in [3.63, 3.8) is 0 Å². The second-order valence-corrected chi connectivity index (χ2v) is 8.42. The number of halogens is 3. The van der Waals surface area contributed by atoms with Crippen molar-refractivity contribution in [1.82, 2.24) is 4.90 Å². The molecule has 0 saturated carbocycles. The normalized spacial score (nSPS) is 15.3. The molecule has 0 spiro atoms. The van der Waals surface area contributed by atoms with Crippen molar-refractivity contribution in [2.45, 2.75) is 18.0 Å². The van der Waals surface area contributed by atoms with Gasteiger partial charge in [-0.05, 0) is 43.3 Å². The number of hydrogen-bond donors (Lipinski definition) is 1. The molecule has 2 aromatic rings. The van der Waals surface area contributed by atoms with Crippen LogP contribution in [0.3, 0.4) is 0 Å². The first kappa shape index (κ1) is 21.0. The third kappa shape index (κ3) is 5.00. The molecule has 0 aliphatic carbocycles. The molecule has 0 radical (unpaired) electrons. The Morgan fingerprint density at radius 2 is 1.48 bits per heavy atom. The first-order chi connectivity index (χ1) is 13.6. The van der Waals surface area contributed by atoms with Crippen LogP contribution in [0.15, 0.2) is 53.4 Å². The van der Waals surface area contributed by atoms with E-state index in [0.29, 0.717) is 5.69 Å². The molecule has 1 fully saturated rings. The van der Waals surface area contributed by atoms with Gasteiger partial charge in [0.25, 0.3) is 10.0 Å². The van der Waals surface area contributed by atoms with Crippen LogP contribution in [0.4, 0.5) is 24.5 Å². The van der Waals surface area contributed by atoms with E-state index in [2.05, 4.69) is 4.72 Å². The Balaban J connectivity index is 1.62. The van der Waals surface area contributed by atoms with Gasteiger partial charge in [0, 0.05) is 37.6 Å². The topological polar surface area (TPSA) is 69.7 Å². The van der Waals surface area contributed by atoms with Gasteiger partial charge in [-0.3, -0.25) is 9.52 Å². The maximum absolute atomic E-state index is 12.5. The largest absolute Gasteiger partial charge is 0.471 e. The number of amides is 1. The van der Waals surface area contributed by atoms with E-state index in [4.69, 9.17) is 0 Å². The van der Waals surface area contributed by atoms with Crippen molar-refractivity contribution in [3.05, 3.63) is 54.1 Å². The van der Waals surface area contributed by atoms with E-state index >= 15 is 0 Å². The molecule has 0 atom stereocenters. The van der Waals surface area contributed by atoms with Crippen molar-refractivity contribution in [2.24, 2.45) is 0 Å². The molecule has 1 amide bonds. The van der Waals surface area contributed by atoms with Crippen LogP contribution >= 0.6 is 0 Å². The quantitative estimate of drug-likeness (QED) is 0.815. The number of benzene rings is 2. The van der Waals surface area contributed by atoms with E-state index in [1.54, 1.807) is 36.4 Å². The minimum absolute atomic E-state index is 0.0276. The van der Waals surface area contributed by atoms with Crippen LogP contribution in [0.25, 0.3) is 0 Å². The molecule has 1 N–H and O–H groups in total. The fourth-order valence-corrected chi connectivity index (χ4v) is 4.08. The van der Waals surface area contributed by atoms with Gasteiger partial charge in [-0.2, -0.15) is 13.2 Å². The second-order valence-electron chi connectivity index (χ2n) is 6.74. The number of nitrogens with zero attached hydrogens (tertiary/aromatic N) is 2. The summed E-state index contributed by atoms with van der Waals surface area (Å²) < 4.78 is 64.9. The zero-order chi connectivity index (χ0) is 21.2. The predicted molar refractivity (Wildman–Crippen MR) is 103 cm³/mol. The van der Waals surface area contributed by atoms with Crippen LogP contribution in [0.1, 0.15) is 5.56 Å². The Labute approximate surface area is 167 Å². The van der Waals surface area contributed by atoms with E-state index in [-0.39, 0.29) is 31.1 Å². The Kier molecular flexibility index (Phi) is 5.74.